The maximum atomic E-state index is 11.5. The number of carboxylic acid groups (broad SMARTS) is 1. The minimum absolute atomic E-state index is 0.502. The highest BCUT2D eigenvalue weighted by Gasteiger charge is 2.41. The molecule has 0 heterocycles. The maximum Gasteiger partial charge on any atom is 0.309 e. The average molecular weight is 256 g/mol. The van der Waals surface area contributed by atoms with Crippen LogP contribution < -0.4 is 0 Å². The van der Waals surface area contributed by atoms with Gasteiger partial charge in [-0.05, 0) is 44.9 Å². The third-order valence-corrected chi connectivity index (χ3v) is 4.41. The normalized spacial score (nSPS) is 28.2. The zero-order valence-corrected chi connectivity index (χ0v) is 11.9. The largest absolute Gasteiger partial charge is 0.481 e. The smallest absolute Gasteiger partial charge is 0.309 e. The van der Waals surface area contributed by atoms with Crippen molar-refractivity contribution in [3.8, 4) is 0 Å². The molecule has 1 aliphatic rings. The third kappa shape index (κ3) is 4.27. The first-order valence-electron chi connectivity index (χ1n) is 7.45. The molecule has 0 aromatic carbocycles. The molecule has 1 N–H and O–H groups in total. The van der Waals surface area contributed by atoms with E-state index < -0.39 is 11.4 Å². The lowest BCUT2D eigenvalue weighted by molar-refractivity contribution is -0.153. The molecular weight excluding hydrogens is 228 g/mol. The fourth-order valence-electron chi connectivity index (χ4n) is 2.99. The second-order valence-electron chi connectivity index (χ2n) is 5.62. The van der Waals surface area contributed by atoms with E-state index in [0.29, 0.717) is 19.6 Å². The molecule has 0 atom stereocenters. The molecule has 1 rings (SSSR count). The molecule has 1 aliphatic carbocycles. The van der Waals surface area contributed by atoms with Crippen molar-refractivity contribution in [1.29, 1.82) is 0 Å². The van der Waals surface area contributed by atoms with Gasteiger partial charge in [-0.15, -0.1) is 0 Å². The van der Waals surface area contributed by atoms with Crippen LogP contribution in [0.4, 0.5) is 0 Å². The first kappa shape index (κ1) is 15.5. The quantitative estimate of drug-likeness (QED) is 0.671. The summed E-state index contributed by atoms with van der Waals surface area (Å²) in [6.07, 6.45) is 8.31. The Bertz CT molecular complexity index is 242. The molecule has 0 spiro atoms. The van der Waals surface area contributed by atoms with Crippen LogP contribution in [0, 0.1) is 11.3 Å². The van der Waals surface area contributed by atoms with Crippen LogP contribution in [-0.2, 0) is 9.53 Å². The summed E-state index contributed by atoms with van der Waals surface area (Å²) in [6.45, 7) is 5.43. The van der Waals surface area contributed by atoms with E-state index in [1.54, 1.807) is 0 Å². The summed E-state index contributed by atoms with van der Waals surface area (Å²) in [4.78, 5) is 11.5. The highest BCUT2D eigenvalue weighted by Crippen LogP contribution is 2.43. The van der Waals surface area contributed by atoms with E-state index in [2.05, 4.69) is 6.92 Å². The van der Waals surface area contributed by atoms with Gasteiger partial charge in [0.05, 0.1) is 5.41 Å². The van der Waals surface area contributed by atoms with Gasteiger partial charge in [0.1, 0.15) is 0 Å². The highest BCUT2D eigenvalue weighted by atomic mass is 16.5. The Balaban J connectivity index is 2.44. The van der Waals surface area contributed by atoms with Gasteiger partial charge < -0.3 is 9.84 Å². The molecule has 0 bridgehead atoms. The molecule has 0 unspecified atom stereocenters. The van der Waals surface area contributed by atoms with E-state index in [-0.39, 0.29) is 0 Å². The Morgan fingerprint density at radius 3 is 2.50 bits per heavy atom. The Hall–Kier alpha value is -0.570. The zero-order chi connectivity index (χ0) is 13.4. The van der Waals surface area contributed by atoms with Crippen LogP contribution in [-0.4, -0.2) is 24.3 Å². The number of carboxylic acids is 1. The van der Waals surface area contributed by atoms with Crippen LogP contribution in [0.1, 0.15) is 65.2 Å². The van der Waals surface area contributed by atoms with Crippen molar-refractivity contribution < 1.29 is 14.6 Å². The van der Waals surface area contributed by atoms with E-state index in [9.17, 15) is 9.90 Å². The lowest BCUT2D eigenvalue weighted by atomic mass is 9.68. The van der Waals surface area contributed by atoms with Gasteiger partial charge in [0.2, 0.25) is 0 Å². The predicted molar refractivity (Wildman–Crippen MR) is 72.7 cm³/mol. The summed E-state index contributed by atoms with van der Waals surface area (Å²) in [5.74, 6) is 0.140. The van der Waals surface area contributed by atoms with Crippen molar-refractivity contribution in [1.82, 2.24) is 0 Å². The Morgan fingerprint density at radius 2 is 2.00 bits per heavy atom. The number of rotatable bonds is 8. The van der Waals surface area contributed by atoms with Gasteiger partial charge in [-0.1, -0.05) is 26.2 Å². The van der Waals surface area contributed by atoms with Crippen molar-refractivity contribution in [3.63, 3.8) is 0 Å². The number of hydrogen-bond donors (Lipinski definition) is 1. The molecule has 0 aromatic rings. The molecular formula is C15H28O3. The van der Waals surface area contributed by atoms with Crippen LogP contribution in [0.15, 0.2) is 0 Å². The van der Waals surface area contributed by atoms with E-state index in [4.69, 9.17) is 4.74 Å². The number of hydrogen-bond acceptors (Lipinski definition) is 2. The first-order valence-corrected chi connectivity index (χ1v) is 7.45. The zero-order valence-electron chi connectivity index (χ0n) is 11.9. The topological polar surface area (TPSA) is 46.5 Å². The highest BCUT2D eigenvalue weighted by molar-refractivity contribution is 5.74. The SMILES string of the molecule is CCCCC1CCC(CCOCC)(C(=O)O)CC1. The summed E-state index contributed by atoms with van der Waals surface area (Å²) in [7, 11) is 0. The number of carbonyl (C=O) groups is 1. The van der Waals surface area contributed by atoms with E-state index in [1.165, 1.54) is 19.3 Å². The third-order valence-electron chi connectivity index (χ3n) is 4.41. The van der Waals surface area contributed by atoms with Crippen LogP contribution in [0.3, 0.4) is 0 Å². The van der Waals surface area contributed by atoms with Crippen molar-refractivity contribution in [2.75, 3.05) is 13.2 Å². The molecule has 106 valence electrons. The molecule has 1 saturated carbocycles. The van der Waals surface area contributed by atoms with Crippen LogP contribution >= 0.6 is 0 Å². The molecule has 0 radical (unpaired) electrons. The number of aliphatic carboxylic acids is 1. The standard InChI is InChI=1S/C15H28O3/c1-3-5-6-13-7-9-15(10-8-13,14(16)17)11-12-18-4-2/h13H,3-12H2,1-2H3,(H,16,17). The molecule has 1 fully saturated rings. The van der Waals surface area contributed by atoms with Crippen molar-refractivity contribution in [2.24, 2.45) is 11.3 Å². The van der Waals surface area contributed by atoms with Gasteiger partial charge in [-0.2, -0.15) is 0 Å². The average Bonchev–Trinajstić information content (AvgIpc) is 2.38. The molecule has 0 aromatic heterocycles. The Morgan fingerprint density at radius 1 is 1.33 bits per heavy atom. The van der Waals surface area contributed by atoms with E-state index >= 15 is 0 Å². The molecule has 18 heavy (non-hydrogen) atoms. The van der Waals surface area contributed by atoms with Gasteiger partial charge in [0.25, 0.3) is 0 Å². The summed E-state index contributed by atoms with van der Waals surface area (Å²) in [6, 6.07) is 0. The Kier molecular flexibility index (Phi) is 6.69. The van der Waals surface area contributed by atoms with Crippen LogP contribution in [0.2, 0.25) is 0 Å². The van der Waals surface area contributed by atoms with E-state index in [1.807, 2.05) is 6.92 Å². The van der Waals surface area contributed by atoms with Crippen LogP contribution in [0.5, 0.6) is 0 Å². The summed E-state index contributed by atoms with van der Waals surface area (Å²) >= 11 is 0. The molecule has 3 nitrogen and oxygen atoms in total. The number of ether oxygens (including phenoxy) is 1. The van der Waals surface area contributed by atoms with Crippen LogP contribution in [0.25, 0.3) is 0 Å². The van der Waals surface area contributed by atoms with E-state index in [0.717, 1.165) is 31.6 Å². The van der Waals surface area contributed by atoms with Crippen molar-refractivity contribution in [2.45, 2.75) is 65.2 Å². The lowest BCUT2D eigenvalue weighted by Gasteiger charge is -2.37. The Labute approximate surface area is 111 Å². The van der Waals surface area contributed by atoms with Gasteiger partial charge in [-0.25, -0.2) is 0 Å². The lowest BCUT2D eigenvalue weighted by Crippen LogP contribution is -2.36. The molecule has 0 amide bonds. The van der Waals surface area contributed by atoms with Gasteiger partial charge in [0, 0.05) is 13.2 Å². The monoisotopic (exact) mass is 256 g/mol. The molecule has 0 saturated heterocycles. The fourth-order valence-corrected chi connectivity index (χ4v) is 2.99. The maximum absolute atomic E-state index is 11.5. The minimum atomic E-state index is -0.615. The van der Waals surface area contributed by atoms with Gasteiger partial charge in [0.15, 0.2) is 0 Å². The second-order valence-corrected chi connectivity index (χ2v) is 5.62. The number of unbranched alkanes of at least 4 members (excludes halogenated alkanes) is 1. The first-order chi connectivity index (χ1) is 8.64. The fraction of sp³-hybridized carbons (Fsp3) is 0.933. The predicted octanol–water partition coefficient (Wildman–Crippen LogP) is 3.86. The molecule has 3 heteroatoms. The van der Waals surface area contributed by atoms with Gasteiger partial charge in [-0.3, -0.25) is 4.79 Å². The summed E-state index contributed by atoms with van der Waals surface area (Å²) in [5.41, 5.74) is -0.502. The van der Waals surface area contributed by atoms with Gasteiger partial charge >= 0.3 is 5.97 Å². The molecule has 0 aliphatic heterocycles. The van der Waals surface area contributed by atoms with Crippen molar-refractivity contribution in [3.05, 3.63) is 0 Å². The van der Waals surface area contributed by atoms with Crippen molar-refractivity contribution >= 4 is 5.97 Å². The minimum Gasteiger partial charge on any atom is -0.481 e. The summed E-state index contributed by atoms with van der Waals surface area (Å²) < 4.78 is 5.34. The second kappa shape index (κ2) is 7.78. The summed E-state index contributed by atoms with van der Waals surface area (Å²) in [5, 5.41) is 9.49.